The average molecular weight is 235 g/mol. The summed E-state index contributed by atoms with van der Waals surface area (Å²) in [4.78, 5) is 13.6. The Balaban J connectivity index is 1.71. The monoisotopic (exact) mass is 235 g/mol. The first-order chi connectivity index (χ1) is 8.17. The van der Waals surface area contributed by atoms with Gasteiger partial charge in [-0.25, -0.2) is 0 Å². The summed E-state index contributed by atoms with van der Waals surface area (Å²) in [5, 5.41) is 10.6. The van der Waals surface area contributed by atoms with E-state index in [0.29, 0.717) is 12.3 Å². The molecule has 3 aliphatic rings. The molecule has 1 heterocycles. The van der Waals surface area contributed by atoms with Crippen LogP contribution in [0.25, 0.3) is 0 Å². The van der Waals surface area contributed by atoms with Gasteiger partial charge in [0.05, 0.1) is 5.60 Å². The summed E-state index contributed by atoms with van der Waals surface area (Å²) in [6, 6.07) is 0. The smallest absolute Gasteiger partial charge is 0.157 e. The molecule has 2 atom stereocenters. The number of nitrogens with zero attached hydrogens (tertiary/aromatic N) is 1. The summed E-state index contributed by atoms with van der Waals surface area (Å²) >= 11 is 0. The molecule has 2 aliphatic carbocycles. The fourth-order valence-electron chi connectivity index (χ4n) is 3.66. The number of hydrogen-bond donors (Lipinski definition) is 1. The molecule has 0 aromatic rings. The number of carbonyl (C=O) groups excluding carboxylic acids is 1. The molecule has 17 heavy (non-hydrogen) atoms. The van der Waals surface area contributed by atoms with Crippen molar-refractivity contribution < 1.29 is 9.90 Å². The third-order valence-electron chi connectivity index (χ3n) is 4.79. The molecule has 0 amide bonds. The summed E-state index contributed by atoms with van der Waals surface area (Å²) in [5.74, 6) is 0.686. The van der Waals surface area contributed by atoms with E-state index < -0.39 is 5.60 Å². The molecule has 0 aromatic carbocycles. The summed E-state index contributed by atoms with van der Waals surface area (Å²) in [5.41, 5.74) is 0.806. The third kappa shape index (κ3) is 2.01. The highest BCUT2D eigenvalue weighted by atomic mass is 16.3. The lowest BCUT2D eigenvalue weighted by Gasteiger charge is -2.48. The van der Waals surface area contributed by atoms with Gasteiger partial charge in [-0.2, -0.15) is 0 Å². The van der Waals surface area contributed by atoms with Crippen LogP contribution in [0.3, 0.4) is 0 Å². The van der Waals surface area contributed by atoms with Crippen LogP contribution in [-0.2, 0) is 4.79 Å². The van der Waals surface area contributed by atoms with Gasteiger partial charge in [-0.15, -0.1) is 0 Å². The van der Waals surface area contributed by atoms with Gasteiger partial charge in [0.15, 0.2) is 5.78 Å². The normalized spacial score (nSPS) is 37.9. The van der Waals surface area contributed by atoms with E-state index >= 15 is 0 Å². The molecule has 1 saturated carbocycles. The largest absolute Gasteiger partial charge is 0.389 e. The van der Waals surface area contributed by atoms with E-state index in [9.17, 15) is 9.90 Å². The number of aliphatic hydroxyl groups is 1. The van der Waals surface area contributed by atoms with Crippen LogP contribution in [-0.4, -0.2) is 34.5 Å². The van der Waals surface area contributed by atoms with Gasteiger partial charge < -0.3 is 10.0 Å². The van der Waals surface area contributed by atoms with Crippen LogP contribution in [0, 0.1) is 5.92 Å². The second-order valence-corrected chi connectivity index (χ2v) is 5.84. The van der Waals surface area contributed by atoms with Crippen LogP contribution in [0.1, 0.15) is 44.9 Å². The zero-order chi connectivity index (χ0) is 11.9. The van der Waals surface area contributed by atoms with Crippen LogP contribution in [0.5, 0.6) is 0 Å². The van der Waals surface area contributed by atoms with E-state index in [1.807, 2.05) is 6.08 Å². The minimum absolute atomic E-state index is 0.268. The first kappa shape index (κ1) is 11.3. The molecule has 1 N–H and O–H groups in total. The Morgan fingerprint density at radius 3 is 2.94 bits per heavy atom. The standard InChI is InChI=1S/C14H21NO2/c16-13-5-4-12(9-13)15-8-7-14(17)6-2-1-3-11(14)10-15/h9,11,17H,1-8,10H2. The number of fused-ring (bicyclic) bond motifs is 1. The first-order valence-corrected chi connectivity index (χ1v) is 6.88. The van der Waals surface area contributed by atoms with Gasteiger partial charge in [-0.1, -0.05) is 12.8 Å². The van der Waals surface area contributed by atoms with E-state index in [0.717, 1.165) is 38.8 Å². The van der Waals surface area contributed by atoms with E-state index in [2.05, 4.69) is 4.90 Å². The Kier molecular flexibility index (Phi) is 2.74. The summed E-state index contributed by atoms with van der Waals surface area (Å²) in [6.07, 6.45) is 8.83. The van der Waals surface area contributed by atoms with Crippen molar-refractivity contribution in [1.82, 2.24) is 4.90 Å². The van der Waals surface area contributed by atoms with Crippen LogP contribution in [0.4, 0.5) is 0 Å². The molecule has 1 saturated heterocycles. The van der Waals surface area contributed by atoms with Crippen molar-refractivity contribution >= 4 is 5.78 Å². The second kappa shape index (κ2) is 4.13. The number of rotatable bonds is 1. The molecular weight excluding hydrogens is 214 g/mol. The van der Waals surface area contributed by atoms with E-state index in [-0.39, 0.29) is 5.78 Å². The number of ketones is 1. The van der Waals surface area contributed by atoms with E-state index in [1.165, 1.54) is 18.5 Å². The van der Waals surface area contributed by atoms with Gasteiger partial charge in [0.1, 0.15) is 0 Å². The van der Waals surface area contributed by atoms with Gasteiger partial charge in [0.25, 0.3) is 0 Å². The Hall–Kier alpha value is -0.830. The minimum atomic E-state index is -0.405. The SMILES string of the molecule is O=C1C=C(N2CCC3(O)CCCCC3C2)CC1. The van der Waals surface area contributed by atoms with E-state index in [4.69, 9.17) is 0 Å². The van der Waals surface area contributed by atoms with Crippen LogP contribution in [0.15, 0.2) is 11.8 Å². The summed E-state index contributed by atoms with van der Waals surface area (Å²) in [7, 11) is 0. The molecule has 0 spiro atoms. The van der Waals surface area contributed by atoms with Crippen molar-refractivity contribution in [1.29, 1.82) is 0 Å². The van der Waals surface area contributed by atoms with Crippen molar-refractivity contribution in [2.24, 2.45) is 5.92 Å². The highest BCUT2D eigenvalue weighted by molar-refractivity contribution is 5.92. The average Bonchev–Trinajstić information content (AvgIpc) is 2.75. The number of allylic oxidation sites excluding steroid dienone is 2. The maximum Gasteiger partial charge on any atom is 0.157 e. The quantitative estimate of drug-likeness (QED) is 0.754. The fraction of sp³-hybridized carbons (Fsp3) is 0.786. The highest BCUT2D eigenvalue weighted by Crippen LogP contribution is 2.41. The molecule has 3 nitrogen and oxygen atoms in total. The number of piperidine rings is 1. The maximum absolute atomic E-state index is 11.3. The van der Waals surface area contributed by atoms with Crippen molar-refractivity contribution in [2.75, 3.05) is 13.1 Å². The topological polar surface area (TPSA) is 40.5 Å². The number of carbonyl (C=O) groups is 1. The minimum Gasteiger partial charge on any atom is -0.389 e. The van der Waals surface area contributed by atoms with Gasteiger partial charge in [-0.3, -0.25) is 4.79 Å². The maximum atomic E-state index is 11.3. The first-order valence-electron chi connectivity index (χ1n) is 6.88. The lowest BCUT2D eigenvalue weighted by molar-refractivity contribution is -0.114. The van der Waals surface area contributed by atoms with Crippen LogP contribution >= 0.6 is 0 Å². The lowest BCUT2D eigenvalue weighted by atomic mass is 9.71. The van der Waals surface area contributed by atoms with Crippen LogP contribution in [0.2, 0.25) is 0 Å². The highest BCUT2D eigenvalue weighted by Gasteiger charge is 2.43. The molecule has 3 heteroatoms. The third-order valence-corrected chi connectivity index (χ3v) is 4.79. The second-order valence-electron chi connectivity index (χ2n) is 5.84. The molecule has 0 radical (unpaired) electrons. The van der Waals surface area contributed by atoms with Gasteiger partial charge in [0.2, 0.25) is 0 Å². The lowest BCUT2D eigenvalue weighted by Crippen LogP contribution is -2.52. The van der Waals surface area contributed by atoms with Crippen molar-refractivity contribution in [3.63, 3.8) is 0 Å². The van der Waals surface area contributed by atoms with Gasteiger partial charge in [0, 0.05) is 37.2 Å². The molecular formula is C14H21NO2. The number of hydrogen-bond acceptors (Lipinski definition) is 3. The van der Waals surface area contributed by atoms with Crippen molar-refractivity contribution in [2.45, 2.75) is 50.5 Å². The molecule has 94 valence electrons. The zero-order valence-corrected chi connectivity index (χ0v) is 10.3. The zero-order valence-electron chi connectivity index (χ0n) is 10.3. The molecule has 0 bridgehead atoms. The molecule has 0 aromatic heterocycles. The Bertz CT molecular complexity index is 363. The van der Waals surface area contributed by atoms with E-state index in [1.54, 1.807) is 0 Å². The summed E-state index contributed by atoms with van der Waals surface area (Å²) < 4.78 is 0. The van der Waals surface area contributed by atoms with Gasteiger partial charge >= 0.3 is 0 Å². The summed E-state index contributed by atoms with van der Waals surface area (Å²) in [6.45, 7) is 1.88. The van der Waals surface area contributed by atoms with Gasteiger partial charge in [-0.05, 0) is 25.7 Å². The predicted octanol–water partition coefficient (Wildman–Crippen LogP) is 1.86. The Labute approximate surface area is 102 Å². The molecule has 2 unspecified atom stereocenters. The van der Waals surface area contributed by atoms with Crippen molar-refractivity contribution in [3.05, 3.63) is 11.8 Å². The fourth-order valence-corrected chi connectivity index (χ4v) is 3.66. The molecule has 2 fully saturated rings. The number of likely N-dealkylation sites (tertiary alicyclic amines) is 1. The predicted molar refractivity (Wildman–Crippen MR) is 65.4 cm³/mol. The molecule has 1 aliphatic heterocycles. The Morgan fingerprint density at radius 1 is 1.29 bits per heavy atom. The Morgan fingerprint density at radius 2 is 2.18 bits per heavy atom. The van der Waals surface area contributed by atoms with Crippen molar-refractivity contribution in [3.8, 4) is 0 Å². The molecule has 3 rings (SSSR count). The van der Waals surface area contributed by atoms with Crippen LogP contribution < -0.4 is 0 Å².